The third-order valence-electron chi connectivity index (χ3n) is 11.3. The second-order valence-electron chi connectivity index (χ2n) is 14.4. The van der Waals surface area contributed by atoms with E-state index in [0.29, 0.717) is 0 Å². The summed E-state index contributed by atoms with van der Waals surface area (Å²) in [6.07, 6.45) is 0. The fourth-order valence-electron chi connectivity index (χ4n) is 8.75. The Bertz CT molecular complexity index is 3240. The SMILES string of the molecule is c1ccc(-c2cccc3cccc(-c4ccc(N(c5ccc(-c6cccc7ccccc67)c6ccccc56)c5cccc6oc7ccccc7c56)cc4)c23)cc1. The third kappa shape index (κ3) is 5.19. The number of nitrogens with zero attached hydrogens (tertiary/aromatic N) is 1. The maximum absolute atomic E-state index is 6.46. The summed E-state index contributed by atoms with van der Waals surface area (Å²) < 4.78 is 6.46. The van der Waals surface area contributed by atoms with E-state index >= 15 is 0 Å². The molecule has 0 radical (unpaired) electrons. The van der Waals surface area contributed by atoms with Crippen molar-refractivity contribution < 1.29 is 4.42 Å². The lowest BCUT2D eigenvalue weighted by atomic mass is 9.91. The zero-order valence-corrected chi connectivity index (χ0v) is 30.6. The minimum atomic E-state index is 0.867. The molecule has 0 N–H and O–H groups in total. The Hall–Kier alpha value is -7.42. The molecule has 1 heterocycles. The van der Waals surface area contributed by atoms with Gasteiger partial charge in [0.25, 0.3) is 0 Å². The molecule has 56 heavy (non-hydrogen) atoms. The lowest BCUT2D eigenvalue weighted by Crippen LogP contribution is -2.11. The molecule has 0 saturated heterocycles. The second kappa shape index (κ2) is 13.2. The normalized spacial score (nSPS) is 11.6. The van der Waals surface area contributed by atoms with E-state index in [1.54, 1.807) is 0 Å². The van der Waals surface area contributed by atoms with E-state index in [9.17, 15) is 0 Å². The Morgan fingerprint density at radius 2 is 0.839 bits per heavy atom. The van der Waals surface area contributed by atoms with Crippen LogP contribution in [0.4, 0.5) is 17.1 Å². The van der Waals surface area contributed by atoms with Gasteiger partial charge in [-0.2, -0.15) is 0 Å². The van der Waals surface area contributed by atoms with Crippen molar-refractivity contribution >= 4 is 71.3 Å². The van der Waals surface area contributed by atoms with Crippen molar-refractivity contribution in [2.75, 3.05) is 4.90 Å². The molecule has 0 aliphatic carbocycles. The molecular weight excluding hydrogens is 679 g/mol. The molecule has 0 spiro atoms. The molecule has 2 nitrogen and oxygen atoms in total. The van der Waals surface area contributed by atoms with Gasteiger partial charge in [0, 0.05) is 16.5 Å². The molecule has 2 heteroatoms. The Morgan fingerprint density at radius 3 is 1.62 bits per heavy atom. The molecule has 11 aromatic rings. The molecule has 11 rings (SSSR count). The van der Waals surface area contributed by atoms with E-state index in [4.69, 9.17) is 4.42 Å². The van der Waals surface area contributed by atoms with Crippen molar-refractivity contribution in [3.63, 3.8) is 0 Å². The highest BCUT2D eigenvalue weighted by Crippen LogP contribution is 2.47. The summed E-state index contributed by atoms with van der Waals surface area (Å²) in [5.41, 5.74) is 12.3. The van der Waals surface area contributed by atoms with Gasteiger partial charge in [0.15, 0.2) is 0 Å². The molecule has 0 amide bonds. The molecular formula is C54H35NO. The van der Waals surface area contributed by atoms with Gasteiger partial charge in [0.05, 0.1) is 16.8 Å². The smallest absolute Gasteiger partial charge is 0.137 e. The average molecular weight is 714 g/mol. The van der Waals surface area contributed by atoms with Crippen LogP contribution in [-0.4, -0.2) is 0 Å². The number of rotatable bonds is 6. The van der Waals surface area contributed by atoms with E-state index in [2.05, 4.69) is 211 Å². The highest BCUT2D eigenvalue weighted by Gasteiger charge is 2.22. The van der Waals surface area contributed by atoms with Gasteiger partial charge in [-0.15, -0.1) is 0 Å². The van der Waals surface area contributed by atoms with Crippen LogP contribution in [0.3, 0.4) is 0 Å². The summed E-state index contributed by atoms with van der Waals surface area (Å²) in [5.74, 6) is 0. The topological polar surface area (TPSA) is 16.4 Å². The monoisotopic (exact) mass is 713 g/mol. The van der Waals surface area contributed by atoms with Crippen LogP contribution in [-0.2, 0) is 0 Å². The zero-order valence-electron chi connectivity index (χ0n) is 30.6. The molecule has 0 aliphatic heterocycles. The molecule has 0 saturated carbocycles. The van der Waals surface area contributed by atoms with Gasteiger partial charge in [0.2, 0.25) is 0 Å². The van der Waals surface area contributed by atoms with Crippen molar-refractivity contribution in [3.05, 3.63) is 212 Å². The first-order valence-electron chi connectivity index (χ1n) is 19.2. The van der Waals surface area contributed by atoms with E-state index in [0.717, 1.165) is 39.0 Å². The van der Waals surface area contributed by atoms with Gasteiger partial charge < -0.3 is 9.32 Å². The number of anilines is 3. The number of benzene rings is 10. The van der Waals surface area contributed by atoms with E-state index in [-0.39, 0.29) is 0 Å². The summed E-state index contributed by atoms with van der Waals surface area (Å²) in [6, 6.07) is 76.5. The van der Waals surface area contributed by atoms with Crippen molar-refractivity contribution in [2.24, 2.45) is 0 Å². The molecule has 262 valence electrons. The van der Waals surface area contributed by atoms with Gasteiger partial charge >= 0.3 is 0 Å². The predicted molar refractivity (Wildman–Crippen MR) is 237 cm³/mol. The van der Waals surface area contributed by atoms with Gasteiger partial charge in [0.1, 0.15) is 11.2 Å². The number of furan rings is 1. The highest BCUT2D eigenvalue weighted by atomic mass is 16.3. The van der Waals surface area contributed by atoms with Gasteiger partial charge in [-0.3, -0.25) is 0 Å². The van der Waals surface area contributed by atoms with Crippen LogP contribution >= 0.6 is 0 Å². The summed E-state index contributed by atoms with van der Waals surface area (Å²) in [6.45, 7) is 0. The van der Waals surface area contributed by atoms with Crippen LogP contribution < -0.4 is 4.90 Å². The van der Waals surface area contributed by atoms with Crippen LogP contribution in [0.2, 0.25) is 0 Å². The largest absolute Gasteiger partial charge is 0.456 e. The fraction of sp³-hybridized carbons (Fsp3) is 0. The first kappa shape index (κ1) is 32.0. The lowest BCUT2D eigenvalue weighted by molar-refractivity contribution is 0.669. The van der Waals surface area contributed by atoms with E-state index in [1.807, 2.05) is 6.07 Å². The Labute approximate surface area is 325 Å². The maximum atomic E-state index is 6.46. The van der Waals surface area contributed by atoms with Crippen LogP contribution in [0.5, 0.6) is 0 Å². The van der Waals surface area contributed by atoms with Gasteiger partial charge in [-0.05, 0) is 96.7 Å². The van der Waals surface area contributed by atoms with Crippen LogP contribution in [0.15, 0.2) is 217 Å². The quantitative estimate of drug-likeness (QED) is 0.171. The Balaban J connectivity index is 1.14. The van der Waals surface area contributed by atoms with Crippen molar-refractivity contribution in [1.82, 2.24) is 0 Å². The van der Waals surface area contributed by atoms with Gasteiger partial charge in [-0.25, -0.2) is 0 Å². The molecule has 0 bridgehead atoms. The minimum Gasteiger partial charge on any atom is -0.456 e. The molecule has 1 aromatic heterocycles. The highest BCUT2D eigenvalue weighted by molar-refractivity contribution is 6.16. The Morgan fingerprint density at radius 1 is 0.286 bits per heavy atom. The third-order valence-corrected chi connectivity index (χ3v) is 11.3. The minimum absolute atomic E-state index is 0.867. The lowest BCUT2D eigenvalue weighted by Gasteiger charge is -2.28. The van der Waals surface area contributed by atoms with Crippen LogP contribution in [0.25, 0.3) is 87.6 Å². The number of hydrogen-bond donors (Lipinski definition) is 0. The summed E-state index contributed by atoms with van der Waals surface area (Å²) in [4.78, 5) is 2.42. The Kier molecular flexibility index (Phi) is 7.53. The summed E-state index contributed by atoms with van der Waals surface area (Å²) >= 11 is 0. The van der Waals surface area contributed by atoms with Crippen molar-refractivity contribution in [2.45, 2.75) is 0 Å². The molecule has 0 unspecified atom stereocenters. The molecule has 0 fully saturated rings. The standard InChI is InChI=1S/C54H35NO/c1-2-14-37(15-3-1)42-24-11-18-39-19-12-25-43(53(39)42)38-30-32-40(33-31-38)55(50-27-13-29-52-54(50)48-23-8-9-28-51(48)56-52)49-35-34-46(45-21-6-7-22-47(45)49)44-26-10-17-36-16-4-5-20-41(36)44/h1-35H. The van der Waals surface area contributed by atoms with E-state index in [1.165, 1.54) is 65.7 Å². The molecule has 0 aliphatic rings. The van der Waals surface area contributed by atoms with Crippen molar-refractivity contribution in [3.8, 4) is 33.4 Å². The molecule has 0 atom stereocenters. The summed E-state index contributed by atoms with van der Waals surface area (Å²) in [7, 11) is 0. The number of fused-ring (bicyclic) bond motifs is 6. The average Bonchev–Trinajstić information content (AvgIpc) is 3.66. The first-order valence-corrected chi connectivity index (χ1v) is 19.2. The van der Waals surface area contributed by atoms with Crippen LogP contribution in [0.1, 0.15) is 0 Å². The first-order chi connectivity index (χ1) is 27.8. The van der Waals surface area contributed by atoms with Gasteiger partial charge in [-0.1, -0.05) is 176 Å². The fourth-order valence-corrected chi connectivity index (χ4v) is 8.75. The second-order valence-corrected chi connectivity index (χ2v) is 14.4. The predicted octanol–water partition coefficient (Wildman–Crippen LogP) is 15.5. The van der Waals surface area contributed by atoms with Crippen molar-refractivity contribution in [1.29, 1.82) is 0 Å². The zero-order chi connectivity index (χ0) is 37.0. The molecule has 10 aromatic carbocycles. The maximum Gasteiger partial charge on any atom is 0.137 e. The number of para-hydroxylation sites is 1. The summed E-state index contributed by atoms with van der Waals surface area (Å²) in [5, 5.41) is 9.54. The van der Waals surface area contributed by atoms with E-state index < -0.39 is 0 Å². The number of hydrogen-bond acceptors (Lipinski definition) is 2. The van der Waals surface area contributed by atoms with Crippen LogP contribution in [0, 0.1) is 0 Å².